The first-order chi connectivity index (χ1) is 9.53. The van der Waals surface area contributed by atoms with E-state index in [1.165, 1.54) is 6.07 Å². The lowest BCUT2D eigenvalue weighted by Gasteiger charge is -2.26. The molecule has 1 saturated heterocycles. The maximum Gasteiger partial charge on any atom is 0.338 e. The fraction of sp³-hybridized carbons (Fsp3) is 0.533. The van der Waals surface area contributed by atoms with Crippen LogP contribution in [0.4, 0.5) is 4.39 Å². The highest BCUT2D eigenvalue weighted by molar-refractivity contribution is 7.85. The van der Waals surface area contributed by atoms with Crippen LogP contribution < -0.4 is 0 Å². The molecule has 0 amide bonds. The largest absolute Gasteiger partial charge is 0.478 e. The highest BCUT2D eigenvalue weighted by Gasteiger charge is 2.49. The maximum absolute atomic E-state index is 13.4. The van der Waals surface area contributed by atoms with Crippen molar-refractivity contribution < 1.29 is 23.2 Å². The molecule has 0 aliphatic carbocycles. The third kappa shape index (κ3) is 3.16. The van der Waals surface area contributed by atoms with E-state index >= 15 is 0 Å². The number of halogens is 1. The number of benzene rings is 1. The van der Waals surface area contributed by atoms with Gasteiger partial charge in [-0.2, -0.15) is 0 Å². The van der Waals surface area contributed by atoms with E-state index in [0.717, 1.165) is 12.1 Å². The predicted octanol–water partition coefficient (Wildman–Crippen LogP) is 2.98. The van der Waals surface area contributed by atoms with Gasteiger partial charge in [0, 0.05) is 4.90 Å². The van der Waals surface area contributed by atoms with Crippen molar-refractivity contribution in [3.63, 3.8) is 0 Å². The molecule has 0 bridgehead atoms. The molecule has 116 valence electrons. The van der Waals surface area contributed by atoms with E-state index in [2.05, 4.69) is 0 Å². The lowest BCUT2D eigenvalue weighted by atomic mass is 10.0. The van der Waals surface area contributed by atoms with Crippen molar-refractivity contribution in [3.05, 3.63) is 29.6 Å². The van der Waals surface area contributed by atoms with E-state index in [4.69, 9.17) is 9.84 Å². The van der Waals surface area contributed by atoms with Crippen molar-refractivity contribution in [2.45, 2.75) is 55.5 Å². The van der Waals surface area contributed by atoms with Gasteiger partial charge in [-0.25, -0.2) is 9.18 Å². The van der Waals surface area contributed by atoms with Gasteiger partial charge in [0.15, 0.2) is 0 Å². The third-order valence-electron chi connectivity index (χ3n) is 3.65. The van der Waals surface area contributed by atoms with Crippen LogP contribution in [0.3, 0.4) is 0 Å². The number of carboxylic acids is 1. The van der Waals surface area contributed by atoms with Crippen LogP contribution in [-0.2, 0) is 15.5 Å². The normalized spacial score (nSPS) is 24.7. The van der Waals surface area contributed by atoms with E-state index in [9.17, 15) is 13.4 Å². The van der Waals surface area contributed by atoms with Gasteiger partial charge in [0.25, 0.3) is 0 Å². The minimum atomic E-state index is -1.46. The Bertz CT molecular complexity index is 610. The number of rotatable bonds is 3. The first-order valence-electron chi connectivity index (χ1n) is 6.67. The van der Waals surface area contributed by atoms with Crippen LogP contribution in [-0.4, -0.2) is 31.7 Å². The first-order valence-corrected chi connectivity index (χ1v) is 7.88. The van der Waals surface area contributed by atoms with E-state index in [1.54, 1.807) is 0 Å². The van der Waals surface area contributed by atoms with Gasteiger partial charge in [-0.15, -0.1) is 0 Å². The van der Waals surface area contributed by atoms with Crippen molar-refractivity contribution in [2.75, 3.05) is 0 Å². The minimum Gasteiger partial charge on any atom is -0.478 e. The molecule has 0 saturated carbocycles. The monoisotopic (exact) mass is 314 g/mol. The summed E-state index contributed by atoms with van der Waals surface area (Å²) in [6.07, 6.45) is 0.590. The fourth-order valence-corrected chi connectivity index (χ4v) is 4.68. The summed E-state index contributed by atoms with van der Waals surface area (Å²) in [5, 5.41) is 8.68. The molecule has 2 rings (SSSR count). The van der Waals surface area contributed by atoms with Gasteiger partial charge in [-0.05, 0) is 52.3 Å². The molecule has 1 aliphatic heterocycles. The Morgan fingerprint density at radius 2 is 2.00 bits per heavy atom. The number of aromatic carboxylic acids is 1. The number of carboxylic acid groups (broad SMARTS) is 1. The molecule has 0 aromatic heterocycles. The van der Waals surface area contributed by atoms with Gasteiger partial charge in [0.1, 0.15) is 5.82 Å². The molecule has 1 heterocycles. The smallest absolute Gasteiger partial charge is 0.338 e. The van der Waals surface area contributed by atoms with Crippen LogP contribution in [0.25, 0.3) is 0 Å². The van der Waals surface area contributed by atoms with Crippen LogP contribution in [0.15, 0.2) is 23.1 Å². The predicted molar refractivity (Wildman–Crippen MR) is 77.4 cm³/mol. The molecular weight excluding hydrogens is 295 g/mol. The highest BCUT2D eigenvalue weighted by atomic mass is 32.2. The third-order valence-corrected chi connectivity index (χ3v) is 5.62. The molecule has 4 nitrogen and oxygen atoms in total. The van der Waals surface area contributed by atoms with Crippen LogP contribution in [0.5, 0.6) is 0 Å². The van der Waals surface area contributed by atoms with Crippen molar-refractivity contribution in [1.29, 1.82) is 0 Å². The van der Waals surface area contributed by atoms with E-state index < -0.39 is 33.8 Å². The lowest BCUT2D eigenvalue weighted by molar-refractivity contribution is -0.0633. The zero-order valence-corrected chi connectivity index (χ0v) is 13.3. The quantitative estimate of drug-likeness (QED) is 0.931. The Labute approximate surface area is 125 Å². The summed E-state index contributed by atoms with van der Waals surface area (Å²) in [5.41, 5.74) is -1.44. The second-order valence-corrected chi connectivity index (χ2v) is 8.04. The fourth-order valence-electron chi connectivity index (χ4n) is 2.80. The molecule has 1 aliphatic rings. The standard InChI is InChI=1S/C15H19FO4S/c1-14(2)8-12(15(3,4)20-14)21(19)9-5-6-11(16)10(7-9)13(17)18/h5-7,12H,8H2,1-4H3,(H,17,18). The van der Waals surface area contributed by atoms with Crippen LogP contribution in [0.1, 0.15) is 44.5 Å². The SMILES string of the molecule is CC1(C)CC(S(=O)c2ccc(F)c(C(=O)O)c2)C(C)(C)O1. The molecule has 1 fully saturated rings. The Morgan fingerprint density at radius 1 is 1.38 bits per heavy atom. The molecule has 2 atom stereocenters. The van der Waals surface area contributed by atoms with Crippen molar-refractivity contribution in [3.8, 4) is 0 Å². The summed E-state index contributed by atoms with van der Waals surface area (Å²) >= 11 is 0. The topological polar surface area (TPSA) is 63.6 Å². The van der Waals surface area contributed by atoms with Crippen LogP contribution >= 0.6 is 0 Å². The zero-order valence-electron chi connectivity index (χ0n) is 12.5. The van der Waals surface area contributed by atoms with Crippen molar-refractivity contribution in [1.82, 2.24) is 0 Å². The Kier molecular flexibility index (Phi) is 3.97. The molecule has 6 heteroatoms. The lowest BCUT2D eigenvalue weighted by Crippen LogP contribution is -2.35. The second kappa shape index (κ2) is 5.18. The Morgan fingerprint density at radius 3 is 2.48 bits per heavy atom. The molecule has 0 radical (unpaired) electrons. The number of ether oxygens (including phenoxy) is 1. The van der Waals surface area contributed by atoms with Gasteiger partial charge in [-0.3, -0.25) is 4.21 Å². The zero-order chi connectivity index (χ0) is 16.0. The number of hydrogen-bond acceptors (Lipinski definition) is 3. The highest BCUT2D eigenvalue weighted by Crippen LogP contribution is 2.41. The molecule has 1 aromatic carbocycles. The summed E-state index contributed by atoms with van der Waals surface area (Å²) in [7, 11) is -1.46. The summed E-state index contributed by atoms with van der Waals surface area (Å²) in [5.74, 6) is -2.20. The molecule has 1 N–H and O–H groups in total. The second-order valence-electron chi connectivity index (χ2n) is 6.40. The van der Waals surface area contributed by atoms with Gasteiger partial charge >= 0.3 is 5.97 Å². The molecular formula is C15H19FO4S. The van der Waals surface area contributed by atoms with Crippen molar-refractivity contribution in [2.24, 2.45) is 0 Å². The summed E-state index contributed by atoms with van der Waals surface area (Å²) in [6.45, 7) is 7.59. The van der Waals surface area contributed by atoms with Gasteiger partial charge in [0.05, 0.1) is 32.8 Å². The molecule has 0 spiro atoms. The summed E-state index contributed by atoms with van der Waals surface area (Å²) in [4.78, 5) is 11.3. The van der Waals surface area contributed by atoms with Gasteiger partial charge < -0.3 is 9.84 Å². The van der Waals surface area contributed by atoms with Gasteiger partial charge in [-0.1, -0.05) is 0 Å². The first kappa shape index (κ1) is 16.1. The van der Waals surface area contributed by atoms with Crippen molar-refractivity contribution >= 4 is 16.8 Å². The Hall–Kier alpha value is -1.27. The molecule has 2 unspecified atom stereocenters. The van der Waals surface area contributed by atoms with Gasteiger partial charge in [0.2, 0.25) is 0 Å². The number of carbonyl (C=O) groups is 1. The average molecular weight is 314 g/mol. The average Bonchev–Trinajstić information content (AvgIpc) is 2.56. The Balaban J connectivity index is 2.37. The van der Waals surface area contributed by atoms with Crippen LogP contribution in [0.2, 0.25) is 0 Å². The minimum absolute atomic E-state index is 0.278. The molecule has 1 aromatic rings. The number of hydrogen-bond donors (Lipinski definition) is 1. The van der Waals surface area contributed by atoms with E-state index in [0.29, 0.717) is 11.3 Å². The summed E-state index contributed by atoms with van der Waals surface area (Å²) < 4.78 is 32.1. The molecule has 21 heavy (non-hydrogen) atoms. The van der Waals surface area contributed by atoms with E-state index in [-0.39, 0.29) is 10.9 Å². The maximum atomic E-state index is 13.4. The van der Waals surface area contributed by atoms with E-state index in [1.807, 2.05) is 27.7 Å². The van der Waals surface area contributed by atoms with Crippen LogP contribution in [0, 0.1) is 5.82 Å². The summed E-state index contributed by atoms with van der Waals surface area (Å²) in [6, 6.07) is 3.57.